The quantitative estimate of drug-likeness (QED) is 0.858. The van der Waals surface area contributed by atoms with Crippen LogP contribution < -0.4 is 11.3 Å². The molecule has 0 saturated heterocycles. The van der Waals surface area contributed by atoms with Gasteiger partial charge in [-0.25, -0.2) is 0 Å². The molecule has 0 spiro atoms. The number of fused-ring (bicyclic) bond motifs is 1. The van der Waals surface area contributed by atoms with Gasteiger partial charge in [-0.15, -0.1) is 0 Å². The molecule has 2 N–H and O–H groups in total. The fourth-order valence-electron chi connectivity index (χ4n) is 2.89. The van der Waals surface area contributed by atoms with E-state index in [2.05, 4.69) is 6.07 Å². The van der Waals surface area contributed by atoms with E-state index in [1.807, 2.05) is 30.3 Å². The molecular weight excluding hydrogens is 250 g/mol. The molecule has 2 aromatic rings. The summed E-state index contributed by atoms with van der Waals surface area (Å²) in [6.45, 7) is 0. The minimum Gasteiger partial charge on any atom is -0.384 e. The summed E-state index contributed by atoms with van der Waals surface area (Å²) in [5.74, 6) is 0.254. The monoisotopic (exact) mass is 265 g/mol. The molecule has 4 heteroatoms. The van der Waals surface area contributed by atoms with Crippen LogP contribution in [0.15, 0.2) is 35.1 Å². The lowest BCUT2D eigenvalue weighted by atomic mass is 9.89. The summed E-state index contributed by atoms with van der Waals surface area (Å²) >= 11 is 0. The number of nitrogen functional groups attached to an aromatic ring is 1. The molecule has 1 heterocycles. The maximum Gasteiger partial charge on any atom is 0.260 e. The van der Waals surface area contributed by atoms with Gasteiger partial charge in [0.2, 0.25) is 0 Å². The van der Waals surface area contributed by atoms with Crippen LogP contribution in [-0.4, -0.2) is 4.57 Å². The van der Waals surface area contributed by atoms with Crippen molar-refractivity contribution in [2.45, 2.75) is 25.7 Å². The molecule has 0 atom stereocenters. The molecular formula is C16H15N3O. The van der Waals surface area contributed by atoms with Gasteiger partial charge in [-0.05, 0) is 43.4 Å². The Hall–Kier alpha value is -2.54. The molecule has 100 valence electrons. The largest absolute Gasteiger partial charge is 0.384 e. The summed E-state index contributed by atoms with van der Waals surface area (Å²) in [7, 11) is 0. The lowest BCUT2D eigenvalue weighted by Crippen LogP contribution is -2.29. The number of aromatic nitrogens is 1. The van der Waals surface area contributed by atoms with Crippen molar-refractivity contribution < 1.29 is 0 Å². The van der Waals surface area contributed by atoms with Crippen LogP contribution in [0, 0.1) is 11.3 Å². The number of nitrogens with two attached hydrogens (primary N) is 1. The van der Waals surface area contributed by atoms with E-state index >= 15 is 0 Å². The average molecular weight is 265 g/mol. The Bertz CT molecular complexity index is 754. The highest BCUT2D eigenvalue weighted by Gasteiger charge is 2.22. The summed E-state index contributed by atoms with van der Waals surface area (Å²) in [6, 6.07) is 11.4. The third kappa shape index (κ3) is 1.79. The van der Waals surface area contributed by atoms with E-state index in [0.29, 0.717) is 11.3 Å². The second-order valence-corrected chi connectivity index (χ2v) is 5.01. The molecule has 1 aliphatic carbocycles. The zero-order valence-corrected chi connectivity index (χ0v) is 11.1. The van der Waals surface area contributed by atoms with E-state index in [1.165, 1.54) is 4.57 Å². The summed E-state index contributed by atoms with van der Waals surface area (Å²) in [4.78, 5) is 12.7. The van der Waals surface area contributed by atoms with E-state index in [1.54, 1.807) is 0 Å². The number of hydrogen-bond donors (Lipinski definition) is 1. The van der Waals surface area contributed by atoms with Gasteiger partial charge in [0.1, 0.15) is 11.9 Å². The van der Waals surface area contributed by atoms with Crippen LogP contribution in [0.25, 0.3) is 5.69 Å². The fourth-order valence-corrected chi connectivity index (χ4v) is 2.89. The van der Waals surface area contributed by atoms with Crippen LogP contribution in [0.1, 0.15) is 29.5 Å². The number of nitrogens with zero attached hydrogens (tertiary/aromatic N) is 2. The second-order valence-electron chi connectivity index (χ2n) is 5.01. The van der Waals surface area contributed by atoms with Crippen molar-refractivity contribution in [3.63, 3.8) is 0 Å². The molecule has 0 radical (unpaired) electrons. The van der Waals surface area contributed by atoms with Gasteiger partial charge in [-0.2, -0.15) is 5.26 Å². The van der Waals surface area contributed by atoms with Gasteiger partial charge >= 0.3 is 0 Å². The summed E-state index contributed by atoms with van der Waals surface area (Å²) in [5, 5.41) is 9.39. The molecule has 0 unspecified atom stereocenters. The molecule has 1 aromatic heterocycles. The van der Waals surface area contributed by atoms with Crippen molar-refractivity contribution in [2.24, 2.45) is 0 Å². The van der Waals surface area contributed by atoms with E-state index in [4.69, 9.17) is 5.73 Å². The zero-order valence-electron chi connectivity index (χ0n) is 11.1. The third-order valence-corrected chi connectivity index (χ3v) is 3.85. The summed E-state index contributed by atoms with van der Waals surface area (Å²) in [5.41, 5.74) is 8.79. The van der Waals surface area contributed by atoms with Gasteiger partial charge in [0.15, 0.2) is 0 Å². The molecule has 4 nitrogen and oxygen atoms in total. The molecule has 1 aromatic carbocycles. The number of nitriles is 1. The van der Waals surface area contributed by atoms with Gasteiger partial charge in [0.05, 0.1) is 11.3 Å². The Kier molecular flexibility index (Phi) is 3.03. The minimum atomic E-state index is -0.0811. The van der Waals surface area contributed by atoms with Crippen LogP contribution in [-0.2, 0) is 12.8 Å². The number of hydrogen-bond acceptors (Lipinski definition) is 3. The van der Waals surface area contributed by atoms with E-state index in [9.17, 15) is 10.1 Å². The highest BCUT2D eigenvalue weighted by atomic mass is 16.1. The first-order valence-electron chi connectivity index (χ1n) is 6.76. The predicted molar refractivity (Wildman–Crippen MR) is 77.8 cm³/mol. The van der Waals surface area contributed by atoms with Gasteiger partial charge in [0, 0.05) is 5.56 Å². The maximum atomic E-state index is 12.7. The Morgan fingerprint density at radius 1 is 1.10 bits per heavy atom. The van der Waals surface area contributed by atoms with Crippen LogP contribution in [0.3, 0.4) is 0 Å². The lowest BCUT2D eigenvalue weighted by molar-refractivity contribution is 0.670. The highest BCUT2D eigenvalue weighted by Crippen LogP contribution is 2.26. The molecule has 0 bridgehead atoms. The summed E-state index contributed by atoms with van der Waals surface area (Å²) < 4.78 is 1.46. The topological polar surface area (TPSA) is 71.8 Å². The van der Waals surface area contributed by atoms with Crippen molar-refractivity contribution in [3.05, 3.63) is 57.4 Å². The first-order chi connectivity index (χ1) is 9.74. The van der Waals surface area contributed by atoms with Crippen molar-refractivity contribution in [1.29, 1.82) is 5.26 Å². The average Bonchev–Trinajstić information content (AvgIpc) is 2.49. The Labute approximate surface area is 117 Å². The normalized spacial score (nSPS) is 13.6. The minimum absolute atomic E-state index is 0.0811. The van der Waals surface area contributed by atoms with Crippen molar-refractivity contribution in [1.82, 2.24) is 4.57 Å². The molecule has 0 saturated carbocycles. The molecule has 0 aliphatic heterocycles. The Morgan fingerprint density at radius 2 is 1.75 bits per heavy atom. The first kappa shape index (κ1) is 12.5. The molecule has 20 heavy (non-hydrogen) atoms. The summed E-state index contributed by atoms with van der Waals surface area (Å²) in [6.07, 6.45) is 3.50. The van der Waals surface area contributed by atoms with Gasteiger partial charge in [0.25, 0.3) is 5.56 Å². The molecule has 0 amide bonds. The number of benzene rings is 1. The first-order valence-corrected chi connectivity index (χ1v) is 6.76. The lowest BCUT2D eigenvalue weighted by Gasteiger charge is -2.21. The fraction of sp³-hybridized carbons (Fsp3) is 0.250. The van der Waals surface area contributed by atoms with Gasteiger partial charge in [-0.1, -0.05) is 18.2 Å². The smallest absolute Gasteiger partial charge is 0.260 e. The van der Waals surface area contributed by atoms with Crippen molar-refractivity contribution in [3.8, 4) is 11.8 Å². The maximum absolute atomic E-state index is 12.7. The van der Waals surface area contributed by atoms with E-state index in [-0.39, 0.29) is 11.4 Å². The van der Waals surface area contributed by atoms with Crippen LogP contribution >= 0.6 is 0 Å². The Morgan fingerprint density at radius 3 is 2.40 bits per heavy atom. The molecule has 1 aliphatic rings. The number of anilines is 1. The van der Waals surface area contributed by atoms with Crippen LogP contribution in [0.5, 0.6) is 0 Å². The number of pyridine rings is 1. The molecule has 0 fully saturated rings. The predicted octanol–water partition coefficient (Wildman–Crippen LogP) is 2.17. The number of para-hydroxylation sites is 1. The van der Waals surface area contributed by atoms with E-state index in [0.717, 1.165) is 36.8 Å². The van der Waals surface area contributed by atoms with Crippen molar-refractivity contribution >= 4 is 5.82 Å². The van der Waals surface area contributed by atoms with Crippen LogP contribution in [0.2, 0.25) is 0 Å². The number of rotatable bonds is 1. The standard InChI is InChI=1S/C16H15N3O/c17-10-14-12-8-4-5-9-13(12)16(20)19(15(14)18)11-6-2-1-3-7-11/h1-3,6-7H,4-5,8-9,18H2. The van der Waals surface area contributed by atoms with Gasteiger partial charge in [-0.3, -0.25) is 9.36 Å². The third-order valence-electron chi connectivity index (χ3n) is 3.85. The van der Waals surface area contributed by atoms with Crippen molar-refractivity contribution in [2.75, 3.05) is 5.73 Å². The zero-order chi connectivity index (χ0) is 14.1. The van der Waals surface area contributed by atoms with Crippen LogP contribution in [0.4, 0.5) is 5.82 Å². The SMILES string of the molecule is N#Cc1c2c(c(=O)n(-c3ccccc3)c1N)CCCC2. The highest BCUT2D eigenvalue weighted by molar-refractivity contribution is 5.60. The van der Waals surface area contributed by atoms with Gasteiger partial charge < -0.3 is 5.73 Å². The second kappa shape index (κ2) is 4.86. The molecule has 3 rings (SSSR count). The van der Waals surface area contributed by atoms with E-state index < -0.39 is 0 Å². The Balaban J connectivity index is 2.37.